The molecule has 4 nitrogen and oxygen atoms in total. The molecule has 2 aromatic carbocycles. The van der Waals surface area contributed by atoms with Gasteiger partial charge in [-0.2, -0.15) is 26.3 Å². The zero-order valence-electron chi connectivity index (χ0n) is 17.4. The van der Waals surface area contributed by atoms with E-state index in [1.54, 1.807) is 18.2 Å². The van der Waals surface area contributed by atoms with E-state index in [1.165, 1.54) is 14.2 Å². The molecule has 0 aliphatic carbocycles. The number of nitrogens with one attached hydrogen (secondary N) is 1. The van der Waals surface area contributed by atoms with Crippen LogP contribution in [0.3, 0.4) is 0 Å². The molecule has 0 amide bonds. The van der Waals surface area contributed by atoms with Gasteiger partial charge in [-0.1, -0.05) is 6.07 Å². The van der Waals surface area contributed by atoms with Gasteiger partial charge in [-0.15, -0.1) is 0 Å². The van der Waals surface area contributed by atoms with Gasteiger partial charge in [-0.3, -0.25) is 0 Å². The summed E-state index contributed by atoms with van der Waals surface area (Å²) in [7, 11) is 2.77. The molecule has 10 heteroatoms. The minimum atomic E-state index is -4.99. The highest BCUT2D eigenvalue weighted by atomic mass is 19.4. The van der Waals surface area contributed by atoms with Crippen LogP contribution in [0.1, 0.15) is 29.5 Å². The molecule has 0 spiro atoms. The fourth-order valence-electron chi connectivity index (χ4n) is 3.80. The summed E-state index contributed by atoms with van der Waals surface area (Å²) in [5.41, 5.74) is 3.32. The number of alkyl halides is 6. The van der Waals surface area contributed by atoms with Gasteiger partial charge in [0.2, 0.25) is 0 Å². The lowest BCUT2D eigenvalue weighted by Gasteiger charge is -2.15. The molecule has 0 radical (unpaired) electrons. The summed E-state index contributed by atoms with van der Waals surface area (Å²) in [6, 6.07) is 5.69. The Bertz CT molecular complexity index is 1080. The second kappa shape index (κ2) is 8.93. The maximum Gasteiger partial charge on any atom is 0.417 e. The molecule has 0 saturated heterocycles. The number of nitrogens with two attached hydrogens (primary N) is 1. The quantitative estimate of drug-likeness (QED) is 0.327. The molecule has 0 aliphatic rings. The number of aromatic amines is 1. The van der Waals surface area contributed by atoms with Crippen LogP contribution in [0.5, 0.6) is 11.5 Å². The van der Waals surface area contributed by atoms with Crippen molar-refractivity contribution in [3.63, 3.8) is 0 Å². The van der Waals surface area contributed by atoms with Gasteiger partial charge in [0.15, 0.2) is 0 Å². The lowest BCUT2D eigenvalue weighted by atomic mass is 9.95. The summed E-state index contributed by atoms with van der Waals surface area (Å²) in [4.78, 5) is 2.79. The number of aromatic nitrogens is 1. The smallest absolute Gasteiger partial charge is 0.417 e. The molecule has 0 atom stereocenters. The average molecular weight is 460 g/mol. The Kier molecular flexibility index (Phi) is 6.64. The van der Waals surface area contributed by atoms with Crippen LogP contribution in [-0.4, -0.2) is 25.7 Å². The summed E-state index contributed by atoms with van der Waals surface area (Å²) in [6.45, 7) is 0.333. The van der Waals surface area contributed by atoms with Gasteiger partial charge in [0, 0.05) is 10.9 Å². The number of hydrogen-bond acceptors (Lipinski definition) is 3. The summed E-state index contributed by atoms with van der Waals surface area (Å²) in [5.74, 6) is 0.612. The number of halogens is 6. The monoisotopic (exact) mass is 460 g/mol. The number of benzene rings is 2. The van der Waals surface area contributed by atoms with E-state index in [1.807, 2.05) is 0 Å². The minimum Gasteiger partial charge on any atom is -0.496 e. The van der Waals surface area contributed by atoms with Gasteiger partial charge in [0.25, 0.3) is 0 Å². The molecule has 1 heterocycles. The van der Waals surface area contributed by atoms with E-state index in [2.05, 4.69) is 4.98 Å². The molecule has 0 saturated carbocycles. The molecule has 0 aliphatic heterocycles. The number of rotatable bonds is 7. The van der Waals surface area contributed by atoms with Crippen molar-refractivity contribution in [2.75, 3.05) is 20.8 Å². The Morgan fingerprint density at radius 1 is 0.906 bits per heavy atom. The molecule has 174 valence electrons. The molecule has 3 rings (SSSR count). The van der Waals surface area contributed by atoms with Crippen LogP contribution in [0.25, 0.3) is 22.2 Å². The maximum atomic E-state index is 13.9. The van der Waals surface area contributed by atoms with Crippen molar-refractivity contribution in [3.8, 4) is 22.8 Å². The predicted octanol–water partition coefficient (Wildman–Crippen LogP) is 6.17. The van der Waals surface area contributed by atoms with E-state index in [-0.39, 0.29) is 34.6 Å². The number of unbranched alkanes of at least 4 members (excludes halogenated alkanes) is 1. The molecule has 3 aromatic rings. The first kappa shape index (κ1) is 23.8. The van der Waals surface area contributed by atoms with Gasteiger partial charge in [0.05, 0.1) is 36.6 Å². The van der Waals surface area contributed by atoms with E-state index in [9.17, 15) is 26.3 Å². The average Bonchev–Trinajstić information content (AvgIpc) is 3.09. The van der Waals surface area contributed by atoms with E-state index >= 15 is 0 Å². The van der Waals surface area contributed by atoms with Gasteiger partial charge in [0.1, 0.15) is 11.5 Å². The highest BCUT2D eigenvalue weighted by Crippen LogP contribution is 2.47. The number of fused-ring (bicyclic) bond motifs is 1. The number of H-pyrrole nitrogens is 1. The molecule has 32 heavy (non-hydrogen) atoms. The van der Waals surface area contributed by atoms with Crippen LogP contribution < -0.4 is 15.2 Å². The van der Waals surface area contributed by atoms with Crippen molar-refractivity contribution >= 4 is 10.9 Å². The Morgan fingerprint density at radius 2 is 1.53 bits per heavy atom. The Labute approximate surface area is 180 Å². The number of ether oxygens (including phenoxy) is 2. The third kappa shape index (κ3) is 4.50. The normalized spacial score (nSPS) is 12.4. The van der Waals surface area contributed by atoms with Crippen molar-refractivity contribution in [3.05, 3.63) is 47.0 Å². The van der Waals surface area contributed by atoms with Gasteiger partial charge >= 0.3 is 12.4 Å². The summed E-state index contributed by atoms with van der Waals surface area (Å²) in [5, 5.41) is -0.300. The first-order valence-corrected chi connectivity index (χ1v) is 9.77. The van der Waals surface area contributed by atoms with Crippen LogP contribution >= 0.6 is 0 Å². The third-order valence-electron chi connectivity index (χ3n) is 5.19. The molecule has 0 bridgehead atoms. The first-order chi connectivity index (χ1) is 15.0. The topological polar surface area (TPSA) is 60.3 Å². The largest absolute Gasteiger partial charge is 0.496 e. The van der Waals surface area contributed by atoms with Crippen molar-refractivity contribution in [1.82, 2.24) is 4.98 Å². The van der Waals surface area contributed by atoms with Crippen LogP contribution in [0.4, 0.5) is 26.3 Å². The maximum absolute atomic E-state index is 13.9. The number of aryl methyl sites for hydroxylation is 1. The van der Waals surface area contributed by atoms with E-state index in [4.69, 9.17) is 15.2 Å². The van der Waals surface area contributed by atoms with E-state index < -0.39 is 23.5 Å². The highest BCUT2D eigenvalue weighted by Gasteiger charge is 2.39. The van der Waals surface area contributed by atoms with Crippen molar-refractivity contribution < 1.29 is 35.8 Å². The fourth-order valence-corrected chi connectivity index (χ4v) is 3.80. The SMILES string of the molecule is COc1cccc(OC)c1-c1[nH]c2cc(C(F)(F)F)cc(C(F)(F)F)c2c1CCCCN. The number of hydrogen-bond donors (Lipinski definition) is 2. The zero-order chi connectivity index (χ0) is 23.7. The molecular formula is C22H22F6N2O2. The van der Waals surface area contributed by atoms with Gasteiger partial charge in [-0.05, 0) is 55.6 Å². The highest BCUT2D eigenvalue weighted by molar-refractivity contribution is 5.96. The van der Waals surface area contributed by atoms with Crippen molar-refractivity contribution in [2.45, 2.75) is 31.6 Å². The summed E-state index contributed by atoms with van der Waals surface area (Å²) >= 11 is 0. The number of methoxy groups -OCH3 is 2. The molecular weight excluding hydrogens is 438 g/mol. The van der Waals surface area contributed by atoms with Gasteiger partial charge in [-0.25, -0.2) is 0 Å². The van der Waals surface area contributed by atoms with Crippen LogP contribution in [-0.2, 0) is 18.8 Å². The lowest BCUT2D eigenvalue weighted by molar-refractivity contribution is -0.142. The minimum absolute atomic E-state index is 0.159. The predicted molar refractivity (Wildman–Crippen MR) is 109 cm³/mol. The van der Waals surface area contributed by atoms with Crippen LogP contribution in [0.2, 0.25) is 0 Å². The Balaban J connectivity index is 2.43. The second-order valence-electron chi connectivity index (χ2n) is 7.20. The molecule has 0 unspecified atom stereocenters. The van der Waals surface area contributed by atoms with E-state index in [0.717, 1.165) is 0 Å². The molecule has 3 N–H and O–H groups in total. The van der Waals surface area contributed by atoms with Crippen LogP contribution in [0.15, 0.2) is 30.3 Å². The molecule has 1 aromatic heterocycles. The second-order valence-corrected chi connectivity index (χ2v) is 7.20. The third-order valence-corrected chi connectivity index (χ3v) is 5.19. The fraction of sp³-hybridized carbons (Fsp3) is 0.364. The Morgan fingerprint density at radius 3 is 2.03 bits per heavy atom. The zero-order valence-corrected chi connectivity index (χ0v) is 17.4. The van der Waals surface area contributed by atoms with Crippen LogP contribution in [0, 0.1) is 0 Å². The first-order valence-electron chi connectivity index (χ1n) is 9.77. The van der Waals surface area contributed by atoms with E-state index in [0.29, 0.717) is 42.5 Å². The summed E-state index contributed by atoms with van der Waals surface area (Å²) in [6.07, 6.45) is -8.78. The van der Waals surface area contributed by atoms with Gasteiger partial charge < -0.3 is 20.2 Å². The Hall–Kier alpha value is -2.88. The standard InChI is InChI=1S/C22H22F6N2O2/c1-31-16-7-5-8-17(32-2)19(16)20-13(6-3-4-9-29)18-14(22(26,27)28)10-12(21(23,24)25)11-15(18)30-20/h5,7-8,10-11,30H,3-4,6,9,29H2,1-2H3. The lowest BCUT2D eigenvalue weighted by Crippen LogP contribution is -2.11. The van der Waals surface area contributed by atoms with Crippen molar-refractivity contribution in [2.24, 2.45) is 5.73 Å². The molecule has 0 fully saturated rings. The summed E-state index contributed by atoms with van der Waals surface area (Å²) < 4.78 is 92.6. The van der Waals surface area contributed by atoms with Crippen molar-refractivity contribution in [1.29, 1.82) is 0 Å².